The Morgan fingerprint density at radius 3 is 2.38 bits per heavy atom. The molecule has 0 fully saturated rings. The van der Waals surface area contributed by atoms with Gasteiger partial charge in [0.2, 0.25) is 0 Å². The number of nitriles is 2. The number of nitrogen functional groups attached to an aromatic ring is 1. The van der Waals surface area contributed by atoms with Crippen LogP contribution in [-0.2, 0) is 4.74 Å². The lowest BCUT2D eigenvalue weighted by Crippen LogP contribution is -2.16. The molecule has 7 heteroatoms. The summed E-state index contributed by atoms with van der Waals surface area (Å²) in [7, 11) is 1.63. The van der Waals surface area contributed by atoms with Gasteiger partial charge in [0.1, 0.15) is 34.8 Å². The van der Waals surface area contributed by atoms with Crippen molar-refractivity contribution in [3.8, 4) is 29.0 Å². The molecule has 1 aromatic heterocycles. The van der Waals surface area contributed by atoms with Crippen LogP contribution in [0.3, 0.4) is 0 Å². The minimum absolute atomic E-state index is 0.0589. The number of benzene rings is 1. The van der Waals surface area contributed by atoms with Crippen LogP contribution >= 0.6 is 0 Å². The molecule has 0 atom stereocenters. The largest absolute Gasteiger partial charge is 0.494 e. The number of ether oxygens (including phenoxy) is 2. The monoisotopic (exact) mass is 324 g/mol. The van der Waals surface area contributed by atoms with E-state index in [-0.39, 0.29) is 22.5 Å². The highest BCUT2D eigenvalue weighted by Gasteiger charge is 2.17. The summed E-state index contributed by atoms with van der Waals surface area (Å²) in [4.78, 5) is 14.2. The van der Waals surface area contributed by atoms with E-state index in [1.165, 1.54) is 0 Å². The SMILES string of the molecule is COCCCOc1ccc(-c2c(C#N)c(N)[nH]c(=O)c2C#N)cc1. The second-order valence-electron chi connectivity index (χ2n) is 4.94. The van der Waals surface area contributed by atoms with E-state index in [1.807, 2.05) is 12.1 Å². The van der Waals surface area contributed by atoms with E-state index in [0.717, 1.165) is 6.42 Å². The van der Waals surface area contributed by atoms with Crippen LogP contribution in [0.4, 0.5) is 5.82 Å². The first-order valence-corrected chi connectivity index (χ1v) is 7.20. The highest BCUT2D eigenvalue weighted by Crippen LogP contribution is 2.29. The Morgan fingerprint density at radius 2 is 1.79 bits per heavy atom. The van der Waals surface area contributed by atoms with Gasteiger partial charge in [-0.25, -0.2) is 0 Å². The molecule has 0 spiro atoms. The summed E-state index contributed by atoms with van der Waals surface area (Å²) >= 11 is 0. The molecule has 24 heavy (non-hydrogen) atoms. The number of aromatic amines is 1. The van der Waals surface area contributed by atoms with Gasteiger partial charge in [-0.3, -0.25) is 4.79 Å². The van der Waals surface area contributed by atoms with Crippen LogP contribution in [0.15, 0.2) is 29.1 Å². The predicted octanol–water partition coefficient (Wildman–Crippen LogP) is 1.78. The lowest BCUT2D eigenvalue weighted by molar-refractivity contribution is 0.172. The van der Waals surface area contributed by atoms with Crippen LogP contribution in [0.1, 0.15) is 17.5 Å². The van der Waals surface area contributed by atoms with Crippen molar-refractivity contribution in [2.24, 2.45) is 0 Å². The van der Waals surface area contributed by atoms with Gasteiger partial charge in [-0.15, -0.1) is 0 Å². The van der Waals surface area contributed by atoms with Crippen LogP contribution in [0.25, 0.3) is 11.1 Å². The lowest BCUT2D eigenvalue weighted by Gasteiger charge is -2.10. The van der Waals surface area contributed by atoms with E-state index >= 15 is 0 Å². The fraction of sp³-hybridized carbons (Fsp3) is 0.235. The Morgan fingerprint density at radius 1 is 1.12 bits per heavy atom. The van der Waals surface area contributed by atoms with E-state index in [2.05, 4.69) is 4.98 Å². The van der Waals surface area contributed by atoms with Gasteiger partial charge in [-0.05, 0) is 17.7 Å². The van der Waals surface area contributed by atoms with Gasteiger partial charge in [0.15, 0.2) is 0 Å². The maximum absolute atomic E-state index is 11.9. The number of aromatic nitrogens is 1. The summed E-state index contributed by atoms with van der Waals surface area (Å²) in [6.07, 6.45) is 0.764. The molecule has 0 unspecified atom stereocenters. The summed E-state index contributed by atoms with van der Waals surface area (Å²) in [6.45, 7) is 1.12. The molecule has 3 N–H and O–H groups in total. The molecule has 7 nitrogen and oxygen atoms in total. The molecule has 0 bridgehead atoms. The van der Waals surface area contributed by atoms with Crippen molar-refractivity contribution in [2.75, 3.05) is 26.1 Å². The summed E-state index contributed by atoms with van der Waals surface area (Å²) in [6, 6.07) is 10.6. The van der Waals surface area contributed by atoms with Crippen LogP contribution in [0.5, 0.6) is 5.75 Å². The number of nitrogens with two attached hydrogens (primary N) is 1. The summed E-state index contributed by atoms with van der Waals surface area (Å²) < 4.78 is 10.5. The molecule has 1 heterocycles. The van der Waals surface area contributed by atoms with Gasteiger partial charge in [-0.1, -0.05) is 12.1 Å². The second kappa shape index (κ2) is 7.82. The zero-order valence-corrected chi connectivity index (χ0v) is 13.1. The Kier molecular flexibility index (Phi) is 5.56. The summed E-state index contributed by atoms with van der Waals surface area (Å²) in [5.74, 6) is 0.584. The molecule has 122 valence electrons. The molecule has 2 rings (SSSR count). The number of hydrogen-bond donors (Lipinski definition) is 2. The van der Waals surface area contributed by atoms with Gasteiger partial charge in [-0.2, -0.15) is 10.5 Å². The van der Waals surface area contributed by atoms with Crippen LogP contribution in [-0.4, -0.2) is 25.3 Å². The molecule has 0 amide bonds. The third-order valence-electron chi connectivity index (χ3n) is 3.37. The quantitative estimate of drug-likeness (QED) is 0.780. The maximum atomic E-state index is 11.9. The number of hydrogen-bond acceptors (Lipinski definition) is 6. The maximum Gasteiger partial charge on any atom is 0.268 e. The molecule has 1 aromatic carbocycles. The van der Waals surface area contributed by atoms with E-state index < -0.39 is 5.56 Å². The normalized spacial score (nSPS) is 9.96. The topological polar surface area (TPSA) is 125 Å². The first-order valence-electron chi connectivity index (χ1n) is 7.20. The number of rotatable bonds is 6. The Hall–Kier alpha value is -3.29. The van der Waals surface area contributed by atoms with Crippen LogP contribution in [0, 0.1) is 22.7 Å². The number of pyridine rings is 1. The summed E-state index contributed by atoms with van der Waals surface area (Å²) in [5, 5.41) is 18.5. The first-order chi connectivity index (χ1) is 11.6. The molecule has 2 aromatic rings. The first kappa shape index (κ1) is 17.1. The number of nitrogens with one attached hydrogen (secondary N) is 1. The van der Waals surface area contributed by atoms with Gasteiger partial charge in [0.05, 0.1) is 6.61 Å². The van der Waals surface area contributed by atoms with Crippen molar-refractivity contribution < 1.29 is 9.47 Å². The molecular formula is C17H16N4O3. The minimum atomic E-state index is -0.621. The fourth-order valence-corrected chi connectivity index (χ4v) is 2.24. The van der Waals surface area contributed by atoms with Crippen molar-refractivity contribution >= 4 is 5.82 Å². The molecule has 0 aliphatic carbocycles. The van der Waals surface area contributed by atoms with E-state index in [9.17, 15) is 15.3 Å². The standard InChI is InChI=1S/C17H16N4O3/c1-23-7-2-8-24-12-5-3-11(4-6-12)15-13(9-18)16(20)21-17(22)14(15)10-19/h3-6H,2,7-8H2,1H3,(H3,20,21,22). The lowest BCUT2D eigenvalue weighted by atomic mass is 9.97. The van der Waals surface area contributed by atoms with Gasteiger partial charge >= 0.3 is 0 Å². The van der Waals surface area contributed by atoms with E-state index in [0.29, 0.717) is 24.5 Å². The van der Waals surface area contributed by atoms with Crippen molar-refractivity contribution in [1.82, 2.24) is 4.98 Å². The molecule has 0 saturated carbocycles. The van der Waals surface area contributed by atoms with Gasteiger partial charge in [0, 0.05) is 25.7 Å². The Labute approximate surface area is 138 Å². The molecule has 0 aliphatic heterocycles. The number of H-pyrrole nitrogens is 1. The zero-order chi connectivity index (χ0) is 17.5. The van der Waals surface area contributed by atoms with E-state index in [4.69, 9.17) is 15.2 Å². The highest BCUT2D eigenvalue weighted by molar-refractivity contribution is 5.80. The third kappa shape index (κ3) is 3.54. The van der Waals surface area contributed by atoms with Crippen molar-refractivity contribution in [2.45, 2.75) is 6.42 Å². The smallest absolute Gasteiger partial charge is 0.268 e. The van der Waals surface area contributed by atoms with Crippen molar-refractivity contribution in [3.05, 3.63) is 45.7 Å². The van der Waals surface area contributed by atoms with Crippen molar-refractivity contribution in [1.29, 1.82) is 10.5 Å². The molecular weight excluding hydrogens is 308 g/mol. The number of methoxy groups -OCH3 is 1. The van der Waals surface area contributed by atoms with Crippen LogP contribution < -0.4 is 16.0 Å². The number of nitrogens with zero attached hydrogens (tertiary/aromatic N) is 2. The fourth-order valence-electron chi connectivity index (χ4n) is 2.24. The number of anilines is 1. The Bertz CT molecular complexity index is 858. The van der Waals surface area contributed by atoms with Gasteiger partial charge < -0.3 is 20.2 Å². The second-order valence-corrected chi connectivity index (χ2v) is 4.94. The summed E-state index contributed by atoms with van der Waals surface area (Å²) in [5.41, 5.74) is 5.77. The van der Waals surface area contributed by atoms with E-state index in [1.54, 1.807) is 31.4 Å². The zero-order valence-electron chi connectivity index (χ0n) is 13.1. The minimum Gasteiger partial charge on any atom is -0.494 e. The highest BCUT2D eigenvalue weighted by atomic mass is 16.5. The van der Waals surface area contributed by atoms with Crippen LogP contribution in [0.2, 0.25) is 0 Å². The van der Waals surface area contributed by atoms with Crippen molar-refractivity contribution in [3.63, 3.8) is 0 Å². The molecule has 0 saturated heterocycles. The third-order valence-corrected chi connectivity index (χ3v) is 3.37. The predicted molar refractivity (Wildman–Crippen MR) is 88.3 cm³/mol. The van der Waals surface area contributed by atoms with Gasteiger partial charge in [0.25, 0.3) is 5.56 Å². The Balaban J connectivity index is 2.38. The average molecular weight is 324 g/mol. The molecule has 0 radical (unpaired) electrons. The molecule has 0 aliphatic rings. The average Bonchev–Trinajstić information content (AvgIpc) is 2.59.